The van der Waals surface area contributed by atoms with Crippen molar-refractivity contribution < 1.29 is 9.53 Å². The van der Waals surface area contributed by atoms with Crippen LogP contribution in [0.3, 0.4) is 0 Å². The lowest BCUT2D eigenvalue weighted by Crippen LogP contribution is -2.03. The van der Waals surface area contributed by atoms with Crippen molar-refractivity contribution in [3.63, 3.8) is 0 Å². The monoisotopic (exact) mass is 302 g/mol. The SMILES string of the molecule is CCCCCCCCCCCC=CC(=O)Oc1ccccc1. The average Bonchev–Trinajstić information content (AvgIpc) is 2.53. The minimum absolute atomic E-state index is 0.290. The van der Waals surface area contributed by atoms with E-state index in [2.05, 4.69) is 6.92 Å². The van der Waals surface area contributed by atoms with E-state index in [1.807, 2.05) is 24.3 Å². The van der Waals surface area contributed by atoms with E-state index in [-0.39, 0.29) is 5.97 Å². The fraction of sp³-hybridized carbons (Fsp3) is 0.550. The molecule has 2 heteroatoms. The third-order valence-electron chi connectivity index (χ3n) is 3.69. The summed E-state index contributed by atoms with van der Waals surface area (Å²) in [5.74, 6) is 0.308. The first-order chi connectivity index (χ1) is 10.8. The first-order valence-electron chi connectivity index (χ1n) is 8.76. The highest BCUT2D eigenvalue weighted by atomic mass is 16.5. The normalized spacial score (nSPS) is 11.0. The zero-order chi connectivity index (χ0) is 15.9. The number of carbonyl (C=O) groups is 1. The third-order valence-corrected chi connectivity index (χ3v) is 3.69. The van der Waals surface area contributed by atoms with Crippen molar-refractivity contribution in [2.75, 3.05) is 0 Å². The quantitative estimate of drug-likeness (QED) is 0.203. The van der Waals surface area contributed by atoms with Crippen LogP contribution in [0.2, 0.25) is 0 Å². The number of allylic oxidation sites excluding steroid dienone is 1. The van der Waals surface area contributed by atoms with Gasteiger partial charge in [-0.2, -0.15) is 0 Å². The number of unbranched alkanes of at least 4 members (excludes halogenated alkanes) is 9. The van der Waals surface area contributed by atoms with Gasteiger partial charge in [-0.25, -0.2) is 4.79 Å². The summed E-state index contributed by atoms with van der Waals surface area (Å²) < 4.78 is 5.18. The van der Waals surface area contributed by atoms with Crippen molar-refractivity contribution in [3.8, 4) is 5.75 Å². The molecule has 0 bridgehead atoms. The number of para-hydroxylation sites is 1. The average molecular weight is 302 g/mol. The molecular weight excluding hydrogens is 272 g/mol. The molecule has 2 nitrogen and oxygen atoms in total. The van der Waals surface area contributed by atoms with Gasteiger partial charge in [0, 0.05) is 6.08 Å². The van der Waals surface area contributed by atoms with Crippen LogP contribution in [-0.4, -0.2) is 5.97 Å². The van der Waals surface area contributed by atoms with Crippen LogP contribution in [0.15, 0.2) is 42.5 Å². The van der Waals surface area contributed by atoms with E-state index >= 15 is 0 Å². The first-order valence-corrected chi connectivity index (χ1v) is 8.76. The van der Waals surface area contributed by atoms with E-state index in [1.54, 1.807) is 12.1 Å². The fourth-order valence-electron chi connectivity index (χ4n) is 2.39. The molecule has 22 heavy (non-hydrogen) atoms. The Morgan fingerprint density at radius 1 is 0.909 bits per heavy atom. The Bertz CT molecular complexity index is 409. The first kappa shape index (κ1) is 18.5. The zero-order valence-electron chi connectivity index (χ0n) is 13.9. The molecule has 0 radical (unpaired) electrons. The van der Waals surface area contributed by atoms with Crippen LogP contribution in [0.25, 0.3) is 0 Å². The predicted molar refractivity (Wildman–Crippen MR) is 93.1 cm³/mol. The van der Waals surface area contributed by atoms with Gasteiger partial charge in [0.15, 0.2) is 0 Å². The summed E-state index contributed by atoms with van der Waals surface area (Å²) in [6, 6.07) is 9.18. The molecule has 0 fully saturated rings. The maximum absolute atomic E-state index is 11.6. The molecule has 0 unspecified atom stereocenters. The van der Waals surface area contributed by atoms with Gasteiger partial charge >= 0.3 is 5.97 Å². The van der Waals surface area contributed by atoms with Gasteiger partial charge in [0.25, 0.3) is 0 Å². The molecule has 0 aliphatic heterocycles. The maximum atomic E-state index is 11.6. The zero-order valence-corrected chi connectivity index (χ0v) is 13.9. The van der Waals surface area contributed by atoms with E-state index in [1.165, 1.54) is 57.4 Å². The van der Waals surface area contributed by atoms with Gasteiger partial charge in [0.2, 0.25) is 0 Å². The highest BCUT2D eigenvalue weighted by Crippen LogP contribution is 2.11. The van der Waals surface area contributed by atoms with Crippen LogP contribution in [0.5, 0.6) is 5.75 Å². The third kappa shape index (κ3) is 10.2. The van der Waals surface area contributed by atoms with Crippen LogP contribution in [0.4, 0.5) is 0 Å². The Balaban J connectivity index is 1.94. The van der Waals surface area contributed by atoms with Crippen molar-refractivity contribution in [2.24, 2.45) is 0 Å². The number of esters is 1. The van der Waals surface area contributed by atoms with Gasteiger partial charge in [0.05, 0.1) is 0 Å². The second-order valence-electron chi connectivity index (χ2n) is 5.75. The number of carbonyl (C=O) groups excluding carboxylic acids is 1. The van der Waals surface area contributed by atoms with Gasteiger partial charge in [-0.15, -0.1) is 0 Å². The van der Waals surface area contributed by atoms with Crippen molar-refractivity contribution in [1.82, 2.24) is 0 Å². The van der Waals surface area contributed by atoms with Gasteiger partial charge in [-0.3, -0.25) is 0 Å². The highest BCUT2D eigenvalue weighted by molar-refractivity contribution is 5.83. The second-order valence-corrected chi connectivity index (χ2v) is 5.75. The number of ether oxygens (including phenoxy) is 1. The van der Waals surface area contributed by atoms with Crippen molar-refractivity contribution >= 4 is 5.97 Å². The number of rotatable bonds is 12. The molecule has 0 saturated carbocycles. The topological polar surface area (TPSA) is 26.3 Å². The van der Waals surface area contributed by atoms with E-state index < -0.39 is 0 Å². The van der Waals surface area contributed by atoms with Gasteiger partial charge in [-0.1, -0.05) is 82.6 Å². The minimum atomic E-state index is -0.290. The van der Waals surface area contributed by atoms with Gasteiger partial charge < -0.3 is 4.74 Å². The Hall–Kier alpha value is -1.57. The largest absolute Gasteiger partial charge is 0.423 e. The minimum Gasteiger partial charge on any atom is -0.423 e. The molecule has 0 aromatic heterocycles. The number of benzene rings is 1. The Morgan fingerprint density at radius 3 is 2.14 bits per heavy atom. The van der Waals surface area contributed by atoms with E-state index in [0.29, 0.717) is 5.75 Å². The summed E-state index contributed by atoms with van der Waals surface area (Å²) >= 11 is 0. The maximum Gasteiger partial charge on any atom is 0.335 e. The summed E-state index contributed by atoms with van der Waals surface area (Å²) in [4.78, 5) is 11.6. The molecule has 0 spiro atoms. The molecule has 0 amide bonds. The van der Waals surface area contributed by atoms with Crippen LogP contribution >= 0.6 is 0 Å². The summed E-state index contributed by atoms with van der Waals surface area (Å²) in [5.41, 5.74) is 0. The molecule has 1 rings (SSSR count). The van der Waals surface area contributed by atoms with Crippen LogP contribution in [0, 0.1) is 0 Å². The van der Waals surface area contributed by atoms with Crippen LogP contribution in [0.1, 0.15) is 71.1 Å². The summed E-state index contributed by atoms with van der Waals surface area (Å²) in [7, 11) is 0. The lowest BCUT2D eigenvalue weighted by Gasteiger charge is -2.01. The summed E-state index contributed by atoms with van der Waals surface area (Å²) in [6.45, 7) is 2.25. The Morgan fingerprint density at radius 2 is 1.50 bits per heavy atom. The summed E-state index contributed by atoms with van der Waals surface area (Å²) in [6.07, 6.45) is 16.3. The smallest absolute Gasteiger partial charge is 0.335 e. The van der Waals surface area contributed by atoms with Crippen LogP contribution in [-0.2, 0) is 4.79 Å². The Kier molecular flexibility index (Phi) is 11.0. The lowest BCUT2D eigenvalue weighted by atomic mass is 10.1. The lowest BCUT2D eigenvalue weighted by molar-refractivity contribution is -0.129. The highest BCUT2D eigenvalue weighted by Gasteiger charge is 1.98. The van der Waals surface area contributed by atoms with E-state index in [4.69, 9.17) is 4.74 Å². The molecule has 1 aromatic rings. The number of hydrogen-bond donors (Lipinski definition) is 0. The predicted octanol–water partition coefficient (Wildman–Crippen LogP) is 6.07. The van der Waals surface area contributed by atoms with Crippen molar-refractivity contribution in [3.05, 3.63) is 42.5 Å². The van der Waals surface area contributed by atoms with Gasteiger partial charge in [-0.05, 0) is 25.0 Å². The van der Waals surface area contributed by atoms with E-state index in [9.17, 15) is 4.79 Å². The molecule has 0 aliphatic carbocycles. The number of hydrogen-bond acceptors (Lipinski definition) is 2. The molecule has 0 saturated heterocycles. The summed E-state index contributed by atoms with van der Waals surface area (Å²) in [5, 5.41) is 0. The Labute approximate surface area is 135 Å². The fourth-order valence-corrected chi connectivity index (χ4v) is 2.39. The molecule has 0 N–H and O–H groups in total. The van der Waals surface area contributed by atoms with Crippen LogP contribution < -0.4 is 4.74 Å². The molecule has 0 heterocycles. The molecule has 0 atom stereocenters. The molecular formula is C20H30O2. The standard InChI is InChI=1S/C20H30O2/c1-2-3-4-5-6-7-8-9-10-11-15-18-20(21)22-19-16-13-12-14-17-19/h12-18H,2-11H2,1H3. The van der Waals surface area contributed by atoms with E-state index in [0.717, 1.165) is 12.8 Å². The van der Waals surface area contributed by atoms with Crippen molar-refractivity contribution in [2.45, 2.75) is 71.1 Å². The van der Waals surface area contributed by atoms with Crippen molar-refractivity contribution in [1.29, 1.82) is 0 Å². The second kappa shape index (κ2) is 13.1. The molecule has 1 aromatic carbocycles. The molecule has 122 valence electrons. The van der Waals surface area contributed by atoms with Gasteiger partial charge in [0.1, 0.15) is 5.75 Å². The molecule has 0 aliphatic rings.